The van der Waals surface area contributed by atoms with Crippen molar-refractivity contribution in [2.75, 3.05) is 26.3 Å². The largest absolute Gasteiger partial charge is 0.378 e. The van der Waals surface area contributed by atoms with Crippen molar-refractivity contribution in [3.05, 3.63) is 91.9 Å². The second-order valence-electron chi connectivity index (χ2n) is 7.08. The second-order valence-corrected chi connectivity index (χ2v) is 8.11. The molecule has 0 aliphatic carbocycles. The van der Waals surface area contributed by atoms with Crippen LogP contribution in [0.5, 0.6) is 0 Å². The number of carbonyl (C=O) groups is 1. The van der Waals surface area contributed by atoms with Crippen LogP contribution in [-0.2, 0) is 9.53 Å². The van der Waals surface area contributed by atoms with E-state index in [0.717, 1.165) is 16.9 Å². The van der Waals surface area contributed by atoms with E-state index in [9.17, 15) is 14.9 Å². The first-order valence-corrected chi connectivity index (χ1v) is 11.0. The van der Waals surface area contributed by atoms with E-state index in [2.05, 4.69) is 6.07 Å². The van der Waals surface area contributed by atoms with E-state index >= 15 is 0 Å². The van der Waals surface area contributed by atoms with Gasteiger partial charge in [0.15, 0.2) is 5.57 Å². The average molecular weight is 444 g/mol. The van der Waals surface area contributed by atoms with E-state index in [4.69, 9.17) is 4.74 Å². The first-order valence-electron chi connectivity index (χ1n) is 10.2. The van der Waals surface area contributed by atoms with Crippen molar-refractivity contribution < 1.29 is 9.53 Å². The van der Waals surface area contributed by atoms with E-state index < -0.39 is 0 Å². The first kappa shape index (κ1) is 21.5. The molecule has 0 radical (unpaired) electrons. The summed E-state index contributed by atoms with van der Waals surface area (Å²) in [6.07, 6.45) is 5.42. The highest BCUT2D eigenvalue weighted by Gasteiger charge is 2.23. The van der Waals surface area contributed by atoms with Gasteiger partial charge in [-0.2, -0.15) is 5.26 Å². The summed E-state index contributed by atoms with van der Waals surface area (Å²) < 4.78 is 7.54. The number of hydrogen-bond donors (Lipinski definition) is 0. The van der Waals surface area contributed by atoms with Crippen molar-refractivity contribution in [2.45, 2.75) is 0 Å². The van der Waals surface area contributed by atoms with Crippen LogP contribution in [0.15, 0.2) is 71.5 Å². The van der Waals surface area contributed by atoms with Crippen molar-refractivity contribution >= 4 is 35.0 Å². The van der Waals surface area contributed by atoms with Crippen LogP contribution in [0.25, 0.3) is 23.4 Å². The number of amides is 1. The first-order chi connectivity index (χ1) is 15.7. The standard InChI is InChI=1S/C25H21N3O3S/c26-18-21(23(29)27-14-16-31-17-15-27)25-28(20-11-5-2-6-12-20)24(30)22(32-25)13-7-10-19-8-3-1-4-9-19/h1-13H,14-17H2/b10-7+,22-13+,25-21+. The van der Waals surface area contributed by atoms with E-state index in [1.807, 2.05) is 54.6 Å². The van der Waals surface area contributed by atoms with E-state index in [0.29, 0.717) is 41.2 Å². The van der Waals surface area contributed by atoms with Crippen LogP contribution in [0.4, 0.5) is 0 Å². The maximum Gasteiger partial charge on any atom is 0.273 e. The number of morpholine rings is 1. The maximum absolute atomic E-state index is 13.3. The summed E-state index contributed by atoms with van der Waals surface area (Å²) >= 11 is 1.15. The number of ether oxygens (including phenoxy) is 1. The third kappa shape index (κ3) is 4.62. The fourth-order valence-corrected chi connectivity index (χ4v) is 4.45. The lowest BCUT2D eigenvalue weighted by Gasteiger charge is -2.26. The molecule has 3 aromatic rings. The summed E-state index contributed by atoms with van der Waals surface area (Å²) in [5, 5.41) is 9.88. The fraction of sp³-hybridized carbons (Fsp3) is 0.160. The molecule has 2 heterocycles. The smallest absolute Gasteiger partial charge is 0.273 e. The third-order valence-electron chi connectivity index (χ3n) is 5.01. The number of para-hydroxylation sites is 1. The average Bonchev–Trinajstić information content (AvgIpc) is 3.17. The lowest BCUT2D eigenvalue weighted by Crippen LogP contribution is -2.42. The zero-order valence-corrected chi connectivity index (χ0v) is 18.1. The van der Waals surface area contributed by atoms with Gasteiger partial charge in [-0.1, -0.05) is 60.7 Å². The van der Waals surface area contributed by atoms with Crippen LogP contribution < -0.4 is 14.8 Å². The zero-order valence-electron chi connectivity index (χ0n) is 17.3. The second kappa shape index (κ2) is 10.1. The molecule has 0 unspecified atom stereocenters. The van der Waals surface area contributed by atoms with Gasteiger partial charge in [0.05, 0.1) is 23.4 Å². The summed E-state index contributed by atoms with van der Waals surface area (Å²) in [5.74, 6) is -0.381. The molecule has 0 atom stereocenters. The predicted molar refractivity (Wildman–Crippen MR) is 126 cm³/mol. The molecule has 0 bridgehead atoms. The van der Waals surface area contributed by atoms with Gasteiger partial charge in [0, 0.05) is 13.1 Å². The van der Waals surface area contributed by atoms with Crippen molar-refractivity contribution in [1.29, 1.82) is 5.26 Å². The number of thiazole rings is 1. The van der Waals surface area contributed by atoms with Crippen molar-refractivity contribution in [3.63, 3.8) is 0 Å². The molecule has 1 saturated heterocycles. The van der Waals surface area contributed by atoms with Crippen molar-refractivity contribution in [1.82, 2.24) is 9.47 Å². The maximum atomic E-state index is 13.3. The molecule has 1 aliphatic rings. The number of carbonyl (C=O) groups excluding carboxylic acids is 1. The molecule has 6 nitrogen and oxygen atoms in total. The topological polar surface area (TPSA) is 75.3 Å². The molecular formula is C25H21N3O3S. The van der Waals surface area contributed by atoms with Crippen LogP contribution >= 0.6 is 11.3 Å². The zero-order chi connectivity index (χ0) is 22.3. The Hall–Kier alpha value is -3.73. The number of aromatic nitrogens is 1. The Morgan fingerprint density at radius 3 is 2.34 bits per heavy atom. The van der Waals surface area contributed by atoms with Crippen LogP contribution in [0, 0.1) is 11.3 Å². The highest BCUT2D eigenvalue weighted by atomic mass is 32.1. The Labute approximate surface area is 189 Å². The van der Waals surface area contributed by atoms with Gasteiger partial charge >= 0.3 is 0 Å². The summed E-state index contributed by atoms with van der Waals surface area (Å²) in [4.78, 5) is 28.0. The lowest BCUT2D eigenvalue weighted by molar-refractivity contribution is -0.128. The van der Waals surface area contributed by atoms with Gasteiger partial charge in [-0.3, -0.25) is 14.2 Å². The molecule has 2 aromatic carbocycles. The molecule has 0 saturated carbocycles. The fourth-order valence-electron chi connectivity index (χ4n) is 3.40. The summed E-state index contributed by atoms with van der Waals surface area (Å²) in [6, 6.07) is 20.9. The molecule has 0 N–H and O–H groups in total. The minimum Gasteiger partial charge on any atom is -0.378 e. The molecular weight excluding hydrogens is 422 g/mol. The van der Waals surface area contributed by atoms with Gasteiger partial charge < -0.3 is 9.64 Å². The predicted octanol–water partition coefficient (Wildman–Crippen LogP) is 1.93. The van der Waals surface area contributed by atoms with Crippen LogP contribution in [-0.4, -0.2) is 41.7 Å². The normalized spacial score (nSPS) is 15.6. The number of benzene rings is 2. The SMILES string of the molecule is N#C/C(C(=O)N1CCOCC1)=c1\s/c(=C/C=C/c2ccccc2)c(=O)n1-c1ccccc1. The van der Waals surface area contributed by atoms with Gasteiger partial charge in [0.25, 0.3) is 11.5 Å². The molecule has 1 aromatic heterocycles. The summed E-state index contributed by atoms with van der Waals surface area (Å²) in [5.41, 5.74) is 1.31. The van der Waals surface area contributed by atoms with Gasteiger partial charge in [0.2, 0.25) is 0 Å². The van der Waals surface area contributed by atoms with E-state index in [1.54, 1.807) is 29.2 Å². The number of hydrogen-bond acceptors (Lipinski definition) is 5. The molecule has 7 heteroatoms. The number of nitriles is 1. The highest BCUT2D eigenvalue weighted by Crippen LogP contribution is 2.07. The summed E-state index contributed by atoms with van der Waals surface area (Å²) in [6.45, 7) is 1.71. The number of nitrogens with zero attached hydrogens (tertiary/aromatic N) is 3. The van der Waals surface area contributed by atoms with Crippen LogP contribution in [0.2, 0.25) is 0 Å². The third-order valence-corrected chi connectivity index (χ3v) is 6.12. The number of allylic oxidation sites excluding steroid dienone is 1. The molecule has 160 valence electrons. The molecule has 1 aliphatic heterocycles. The summed E-state index contributed by atoms with van der Waals surface area (Å²) in [7, 11) is 0. The van der Waals surface area contributed by atoms with Gasteiger partial charge in [-0.25, -0.2) is 0 Å². The van der Waals surface area contributed by atoms with Gasteiger partial charge in [0.1, 0.15) is 10.7 Å². The minimum atomic E-state index is -0.381. The van der Waals surface area contributed by atoms with Crippen LogP contribution in [0.1, 0.15) is 5.56 Å². The molecule has 32 heavy (non-hydrogen) atoms. The van der Waals surface area contributed by atoms with Crippen molar-refractivity contribution in [2.24, 2.45) is 0 Å². The minimum absolute atomic E-state index is 0.0375. The Balaban J connectivity index is 1.88. The van der Waals surface area contributed by atoms with Crippen LogP contribution in [0.3, 0.4) is 0 Å². The Bertz CT molecular complexity index is 1340. The molecule has 1 amide bonds. The van der Waals surface area contributed by atoms with Gasteiger partial charge in [-0.05, 0) is 23.8 Å². The Kier molecular flexibility index (Phi) is 6.75. The molecule has 0 spiro atoms. The van der Waals surface area contributed by atoms with Gasteiger partial charge in [-0.15, -0.1) is 11.3 Å². The monoisotopic (exact) mass is 443 g/mol. The van der Waals surface area contributed by atoms with Crippen molar-refractivity contribution in [3.8, 4) is 11.8 Å². The van der Waals surface area contributed by atoms with E-state index in [-0.39, 0.29) is 17.0 Å². The lowest BCUT2D eigenvalue weighted by atomic mass is 10.2. The quantitative estimate of drug-likeness (QED) is 0.618. The highest BCUT2D eigenvalue weighted by molar-refractivity contribution is 7.07. The Morgan fingerprint density at radius 2 is 1.69 bits per heavy atom. The van der Waals surface area contributed by atoms with E-state index in [1.165, 1.54) is 4.57 Å². The molecule has 1 fully saturated rings. The molecule has 4 rings (SSSR count). The number of rotatable bonds is 4. The Morgan fingerprint density at radius 1 is 1.03 bits per heavy atom.